The number of nitrogens with zero attached hydrogens (tertiary/aromatic N) is 2. The molecule has 0 spiro atoms. The van der Waals surface area contributed by atoms with Gasteiger partial charge in [0.1, 0.15) is 5.25 Å². The van der Waals surface area contributed by atoms with Gasteiger partial charge in [0, 0.05) is 16.6 Å². The third-order valence-electron chi connectivity index (χ3n) is 3.41. The average Bonchev–Trinajstić information content (AvgIpc) is 2.84. The number of aryl methyl sites for hydroxylation is 1. The van der Waals surface area contributed by atoms with Gasteiger partial charge in [0.2, 0.25) is 5.89 Å². The second-order valence-electron chi connectivity index (χ2n) is 6.29. The molecular weight excluding hydrogens is 284 g/mol. The van der Waals surface area contributed by atoms with E-state index in [-0.39, 0.29) is 10.7 Å². The monoisotopic (exact) mass is 306 g/mol. The fourth-order valence-electron chi connectivity index (χ4n) is 1.98. The molecule has 0 unspecified atom stereocenters. The highest BCUT2D eigenvalue weighted by Crippen LogP contribution is 2.24. The third-order valence-corrected chi connectivity index (χ3v) is 5.02. The zero-order valence-electron chi connectivity index (χ0n) is 13.2. The number of benzene rings is 1. The first-order chi connectivity index (χ1) is 9.77. The predicted octanol–water partition coefficient (Wildman–Crippen LogP) is 3.69. The van der Waals surface area contributed by atoms with Crippen LogP contribution in [0.2, 0.25) is 0 Å². The molecule has 0 aliphatic carbocycles. The molecule has 0 fully saturated rings. The van der Waals surface area contributed by atoms with Crippen LogP contribution in [0.1, 0.15) is 55.8 Å². The second kappa shape index (κ2) is 6.10. The Bertz CT molecular complexity index is 626. The highest BCUT2D eigenvalue weighted by molar-refractivity contribution is 7.84. The van der Waals surface area contributed by atoms with Crippen LogP contribution in [0.25, 0.3) is 0 Å². The molecule has 2 atom stereocenters. The van der Waals surface area contributed by atoms with Crippen molar-refractivity contribution in [2.24, 2.45) is 0 Å². The van der Waals surface area contributed by atoms with Gasteiger partial charge in [0.25, 0.3) is 0 Å². The van der Waals surface area contributed by atoms with Gasteiger partial charge in [-0.3, -0.25) is 4.21 Å². The van der Waals surface area contributed by atoms with E-state index in [9.17, 15) is 4.21 Å². The van der Waals surface area contributed by atoms with Crippen LogP contribution in [0.3, 0.4) is 0 Å². The lowest BCUT2D eigenvalue weighted by Gasteiger charge is -2.19. The quantitative estimate of drug-likeness (QED) is 0.864. The Balaban J connectivity index is 2.06. The van der Waals surface area contributed by atoms with Crippen LogP contribution in [0.4, 0.5) is 0 Å². The van der Waals surface area contributed by atoms with Crippen molar-refractivity contribution in [1.82, 2.24) is 10.1 Å². The van der Waals surface area contributed by atoms with Crippen LogP contribution in [-0.2, 0) is 22.0 Å². The summed E-state index contributed by atoms with van der Waals surface area (Å²) in [7, 11) is -1.08. The highest BCUT2D eigenvalue weighted by Gasteiger charge is 2.20. The van der Waals surface area contributed by atoms with Crippen LogP contribution in [0.5, 0.6) is 0 Å². The number of rotatable bonds is 4. The van der Waals surface area contributed by atoms with Crippen LogP contribution in [0.15, 0.2) is 28.8 Å². The summed E-state index contributed by atoms with van der Waals surface area (Å²) in [6, 6.07) is 8.30. The molecule has 1 heterocycles. The molecule has 21 heavy (non-hydrogen) atoms. The molecule has 1 aromatic heterocycles. The zero-order valence-corrected chi connectivity index (χ0v) is 14.0. The molecule has 0 amide bonds. The number of aromatic nitrogens is 2. The lowest BCUT2D eigenvalue weighted by molar-refractivity contribution is 0.375. The Labute approximate surface area is 128 Å². The molecule has 114 valence electrons. The SMILES string of the molecule is Cc1noc([C@H](C)[S@@](=O)Cc2ccc(C(C)(C)C)cc2)n1. The summed E-state index contributed by atoms with van der Waals surface area (Å²) in [5.41, 5.74) is 2.47. The number of hydrogen-bond acceptors (Lipinski definition) is 4. The molecular formula is C16H22N2O2S. The van der Waals surface area contributed by atoms with E-state index < -0.39 is 10.8 Å². The van der Waals surface area contributed by atoms with Gasteiger partial charge in [-0.2, -0.15) is 4.98 Å². The van der Waals surface area contributed by atoms with Crippen LogP contribution in [-0.4, -0.2) is 14.3 Å². The third kappa shape index (κ3) is 4.00. The summed E-state index contributed by atoms with van der Waals surface area (Å²) in [6.07, 6.45) is 0. The Morgan fingerprint density at radius 3 is 2.33 bits per heavy atom. The fourth-order valence-corrected chi connectivity index (χ4v) is 3.07. The van der Waals surface area contributed by atoms with Gasteiger partial charge in [0.15, 0.2) is 5.82 Å². The minimum Gasteiger partial charge on any atom is -0.338 e. The van der Waals surface area contributed by atoms with Crippen molar-refractivity contribution in [3.8, 4) is 0 Å². The Morgan fingerprint density at radius 2 is 1.86 bits per heavy atom. The molecule has 1 aromatic carbocycles. The summed E-state index contributed by atoms with van der Waals surface area (Å²) in [6.45, 7) is 10.2. The standard InChI is InChI=1S/C16H22N2O2S/c1-11(15-17-12(2)18-20-15)21(19)10-13-6-8-14(9-7-13)16(3,4)5/h6-9,11H,10H2,1-5H3/t11-,21-/m0/s1. The van der Waals surface area contributed by atoms with Gasteiger partial charge in [-0.15, -0.1) is 0 Å². The summed E-state index contributed by atoms with van der Waals surface area (Å²) < 4.78 is 17.5. The van der Waals surface area contributed by atoms with Gasteiger partial charge >= 0.3 is 0 Å². The molecule has 0 saturated carbocycles. The molecule has 0 bridgehead atoms. The normalized spacial score (nSPS) is 14.9. The molecule has 2 aromatic rings. The van der Waals surface area contributed by atoms with Crippen molar-refractivity contribution in [1.29, 1.82) is 0 Å². The summed E-state index contributed by atoms with van der Waals surface area (Å²) >= 11 is 0. The van der Waals surface area contributed by atoms with Crippen molar-refractivity contribution in [2.45, 2.75) is 51.0 Å². The van der Waals surface area contributed by atoms with E-state index in [0.717, 1.165) is 5.56 Å². The van der Waals surface area contributed by atoms with Crippen molar-refractivity contribution < 1.29 is 8.73 Å². The first kappa shape index (κ1) is 15.9. The highest BCUT2D eigenvalue weighted by atomic mass is 32.2. The maximum atomic E-state index is 12.4. The van der Waals surface area contributed by atoms with Crippen molar-refractivity contribution >= 4 is 10.8 Å². The van der Waals surface area contributed by atoms with Crippen LogP contribution < -0.4 is 0 Å². The molecule has 2 rings (SSSR count). The molecule has 0 N–H and O–H groups in total. The van der Waals surface area contributed by atoms with E-state index in [4.69, 9.17) is 4.52 Å². The maximum Gasteiger partial charge on any atom is 0.242 e. The molecule has 0 radical (unpaired) electrons. The number of hydrogen-bond donors (Lipinski definition) is 0. The van der Waals surface area contributed by atoms with Crippen LogP contribution in [0, 0.1) is 6.92 Å². The van der Waals surface area contributed by atoms with Gasteiger partial charge < -0.3 is 4.52 Å². The predicted molar refractivity (Wildman–Crippen MR) is 84.4 cm³/mol. The molecule has 0 saturated heterocycles. The zero-order chi connectivity index (χ0) is 15.6. The van der Waals surface area contributed by atoms with E-state index in [1.54, 1.807) is 6.92 Å². The Hall–Kier alpha value is -1.49. The second-order valence-corrected chi connectivity index (χ2v) is 8.05. The van der Waals surface area contributed by atoms with Crippen molar-refractivity contribution in [3.63, 3.8) is 0 Å². The van der Waals surface area contributed by atoms with E-state index in [1.165, 1.54) is 5.56 Å². The van der Waals surface area contributed by atoms with Crippen molar-refractivity contribution in [2.75, 3.05) is 0 Å². The maximum absolute atomic E-state index is 12.4. The lowest BCUT2D eigenvalue weighted by atomic mass is 9.87. The summed E-state index contributed by atoms with van der Waals surface area (Å²) in [5, 5.41) is 3.49. The Kier molecular flexibility index (Phi) is 4.61. The minimum atomic E-state index is -1.08. The van der Waals surface area contributed by atoms with E-state index in [1.807, 2.05) is 19.1 Å². The van der Waals surface area contributed by atoms with Crippen molar-refractivity contribution in [3.05, 3.63) is 47.1 Å². The molecule has 0 aliphatic heterocycles. The van der Waals surface area contributed by atoms with Gasteiger partial charge in [-0.1, -0.05) is 50.2 Å². The average molecular weight is 306 g/mol. The minimum absolute atomic E-state index is 0.131. The van der Waals surface area contributed by atoms with Gasteiger partial charge in [0.05, 0.1) is 0 Å². The summed E-state index contributed by atoms with van der Waals surface area (Å²) in [4.78, 5) is 4.15. The first-order valence-electron chi connectivity index (χ1n) is 7.04. The van der Waals surface area contributed by atoms with Crippen LogP contribution >= 0.6 is 0 Å². The first-order valence-corrected chi connectivity index (χ1v) is 8.42. The van der Waals surface area contributed by atoms with E-state index in [2.05, 4.69) is 43.0 Å². The fraction of sp³-hybridized carbons (Fsp3) is 0.500. The topological polar surface area (TPSA) is 56.0 Å². The van der Waals surface area contributed by atoms with Gasteiger partial charge in [-0.05, 0) is 30.4 Å². The smallest absolute Gasteiger partial charge is 0.242 e. The molecule has 4 nitrogen and oxygen atoms in total. The summed E-state index contributed by atoms with van der Waals surface area (Å²) in [5.74, 6) is 1.51. The molecule has 0 aliphatic rings. The largest absolute Gasteiger partial charge is 0.338 e. The van der Waals surface area contributed by atoms with Gasteiger partial charge in [-0.25, -0.2) is 0 Å². The lowest BCUT2D eigenvalue weighted by Crippen LogP contribution is -2.11. The molecule has 5 heteroatoms. The van der Waals surface area contributed by atoms with E-state index in [0.29, 0.717) is 17.5 Å². The van der Waals surface area contributed by atoms with E-state index >= 15 is 0 Å². The Morgan fingerprint density at radius 1 is 1.24 bits per heavy atom.